The highest BCUT2D eigenvalue weighted by atomic mass is 35.5. The van der Waals surface area contributed by atoms with Crippen LogP contribution in [0.15, 0.2) is 12.1 Å². The smallest absolute Gasteiger partial charge is 0.179 e. The summed E-state index contributed by atoms with van der Waals surface area (Å²) in [7, 11) is 3.68. The number of ether oxygens (including phenoxy) is 2. The first-order valence-corrected chi connectivity index (χ1v) is 7.10. The molecule has 0 saturated carbocycles. The lowest BCUT2D eigenvalue weighted by Crippen LogP contribution is -2.34. The molecule has 0 radical (unpaired) electrons. The van der Waals surface area contributed by atoms with Crippen molar-refractivity contribution in [2.75, 3.05) is 33.9 Å². The van der Waals surface area contributed by atoms with E-state index in [9.17, 15) is 0 Å². The number of hydrogen-bond donors (Lipinski definition) is 0. The van der Waals surface area contributed by atoms with E-state index in [2.05, 4.69) is 18.0 Å². The summed E-state index contributed by atoms with van der Waals surface area (Å²) in [4.78, 5) is 2.31. The number of benzene rings is 1. The van der Waals surface area contributed by atoms with E-state index >= 15 is 0 Å². The van der Waals surface area contributed by atoms with Gasteiger partial charge in [-0.3, -0.25) is 0 Å². The predicted molar refractivity (Wildman–Crippen MR) is 78.4 cm³/mol. The molecular formula is C15H19ClN2O2. The van der Waals surface area contributed by atoms with Gasteiger partial charge in [0.2, 0.25) is 0 Å². The second-order valence-corrected chi connectivity index (χ2v) is 5.59. The monoisotopic (exact) mass is 294 g/mol. The molecule has 1 unspecified atom stereocenters. The van der Waals surface area contributed by atoms with Crippen molar-refractivity contribution in [2.45, 2.75) is 12.8 Å². The number of likely N-dealkylation sites (tertiary alicyclic amines) is 1. The Morgan fingerprint density at radius 1 is 1.50 bits per heavy atom. The van der Waals surface area contributed by atoms with Crippen LogP contribution in [-0.2, 0) is 0 Å². The summed E-state index contributed by atoms with van der Waals surface area (Å²) >= 11 is 6.17. The van der Waals surface area contributed by atoms with E-state index in [1.54, 1.807) is 19.2 Å². The van der Waals surface area contributed by atoms with Crippen molar-refractivity contribution in [3.63, 3.8) is 0 Å². The molecule has 5 heteroatoms. The molecule has 4 nitrogen and oxygen atoms in total. The Morgan fingerprint density at radius 3 is 2.95 bits per heavy atom. The summed E-state index contributed by atoms with van der Waals surface area (Å²) in [5, 5.41) is 9.35. The normalized spacial score (nSPS) is 19.4. The third kappa shape index (κ3) is 3.56. The number of nitriles is 1. The number of rotatable bonds is 4. The Kier molecular flexibility index (Phi) is 5.11. The van der Waals surface area contributed by atoms with Crippen molar-refractivity contribution in [1.82, 2.24) is 4.90 Å². The van der Waals surface area contributed by atoms with Gasteiger partial charge in [-0.1, -0.05) is 11.6 Å². The van der Waals surface area contributed by atoms with Crippen molar-refractivity contribution >= 4 is 11.6 Å². The van der Waals surface area contributed by atoms with E-state index in [4.69, 9.17) is 26.3 Å². The zero-order valence-corrected chi connectivity index (χ0v) is 12.6. The van der Waals surface area contributed by atoms with E-state index in [0.29, 0.717) is 34.6 Å². The molecule has 108 valence electrons. The Hall–Kier alpha value is -1.44. The quantitative estimate of drug-likeness (QED) is 0.856. The molecule has 1 fully saturated rings. The molecule has 0 N–H and O–H groups in total. The maximum Gasteiger partial charge on any atom is 0.179 e. The van der Waals surface area contributed by atoms with Crippen LogP contribution in [-0.4, -0.2) is 38.8 Å². The van der Waals surface area contributed by atoms with Crippen LogP contribution in [0.2, 0.25) is 5.02 Å². The van der Waals surface area contributed by atoms with Gasteiger partial charge >= 0.3 is 0 Å². The first-order valence-electron chi connectivity index (χ1n) is 6.73. The van der Waals surface area contributed by atoms with Gasteiger partial charge < -0.3 is 14.4 Å². The highest BCUT2D eigenvalue weighted by molar-refractivity contribution is 6.32. The van der Waals surface area contributed by atoms with E-state index in [1.807, 2.05) is 0 Å². The van der Waals surface area contributed by atoms with E-state index in [1.165, 1.54) is 12.8 Å². The van der Waals surface area contributed by atoms with Gasteiger partial charge in [-0.05, 0) is 32.5 Å². The summed E-state index contributed by atoms with van der Waals surface area (Å²) in [5.41, 5.74) is 0.469. The minimum Gasteiger partial charge on any atom is -0.493 e. The van der Waals surface area contributed by atoms with E-state index < -0.39 is 0 Å². The molecule has 2 rings (SSSR count). The second kappa shape index (κ2) is 6.83. The second-order valence-electron chi connectivity index (χ2n) is 5.18. The molecule has 1 heterocycles. The van der Waals surface area contributed by atoms with Gasteiger partial charge in [0.25, 0.3) is 0 Å². The SMILES string of the molecule is COc1cc(C#N)cc(Cl)c1OCC1CCCN(C)C1. The molecule has 1 saturated heterocycles. The lowest BCUT2D eigenvalue weighted by Gasteiger charge is -2.29. The van der Waals surface area contributed by atoms with Crippen LogP contribution in [0.3, 0.4) is 0 Å². The summed E-state index contributed by atoms with van der Waals surface area (Å²) in [6.45, 7) is 2.81. The summed E-state index contributed by atoms with van der Waals surface area (Å²) < 4.78 is 11.1. The van der Waals surface area contributed by atoms with Crippen molar-refractivity contribution < 1.29 is 9.47 Å². The average Bonchev–Trinajstić information content (AvgIpc) is 2.45. The fourth-order valence-corrected chi connectivity index (χ4v) is 2.80. The molecule has 20 heavy (non-hydrogen) atoms. The van der Waals surface area contributed by atoms with Crippen molar-refractivity contribution in [3.05, 3.63) is 22.7 Å². The average molecular weight is 295 g/mol. The zero-order chi connectivity index (χ0) is 14.5. The maximum absolute atomic E-state index is 8.93. The van der Waals surface area contributed by atoms with Gasteiger partial charge in [-0.25, -0.2) is 0 Å². The first kappa shape index (κ1) is 15.0. The minimum absolute atomic E-state index is 0.421. The van der Waals surface area contributed by atoms with Crippen molar-refractivity contribution in [3.8, 4) is 17.6 Å². The number of nitrogens with zero attached hydrogens (tertiary/aromatic N) is 2. The topological polar surface area (TPSA) is 45.5 Å². The van der Waals surface area contributed by atoms with Gasteiger partial charge in [0.15, 0.2) is 11.5 Å². The van der Waals surface area contributed by atoms with Gasteiger partial charge in [0, 0.05) is 18.5 Å². The highest BCUT2D eigenvalue weighted by Gasteiger charge is 2.19. The molecule has 1 atom stereocenters. The van der Waals surface area contributed by atoms with Crippen LogP contribution in [0.25, 0.3) is 0 Å². The standard InChI is InChI=1S/C15H19ClN2O2/c1-18-5-3-4-11(9-18)10-20-15-13(16)6-12(8-17)7-14(15)19-2/h6-7,11H,3-5,9-10H2,1-2H3. The van der Waals surface area contributed by atoms with E-state index in [-0.39, 0.29) is 0 Å². The minimum atomic E-state index is 0.421. The van der Waals surface area contributed by atoms with Crippen molar-refractivity contribution in [1.29, 1.82) is 5.26 Å². The van der Waals surface area contributed by atoms with E-state index in [0.717, 1.165) is 13.1 Å². The van der Waals surface area contributed by atoms with Gasteiger partial charge in [-0.15, -0.1) is 0 Å². The molecule has 1 aliphatic heterocycles. The van der Waals surface area contributed by atoms with Crippen LogP contribution in [0.5, 0.6) is 11.5 Å². The van der Waals surface area contributed by atoms with Crippen LogP contribution in [0, 0.1) is 17.2 Å². The molecule has 1 aromatic carbocycles. The molecule has 0 aliphatic carbocycles. The third-order valence-electron chi connectivity index (χ3n) is 3.54. The van der Waals surface area contributed by atoms with Crippen LogP contribution < -0.4 is 9.47 Å². The molecule has 0 bridgehead atoms. The number of piperidine rings is 1. The van der Waals surface area contributed by atoms with Gasteiger partial charge in [0.1, 0.15) is 0 Å². The summed E-state index contributed by atoms with van der Waals surface area (Å²) in [6.07, 6.45) is 2.36. The summed E-state index contributed by atoms with van der Waals surface area (Å²) in [6, 6.07) is 5.30. The Morgan fingerprint density at radius 2 is 2.30 bits per heavy atom. The first-order chi connectivity index (χ1) is 9.63. The molecule has 0 aromatic heterocycles. The van der Waals surface area contributed by atoms with Crippen LogP contribution in [0.1, 0.15) is 18.4 Å². The largest absolute Gasteiger partial charge is 0.493 e. The molecule has 1 aromatic rings. The lowest BCUT2D eigenvalue weighted by molar-refractivity contribution is 0.148. The van der Waals surface area contributed by atoms with Crippen LogP contribution in [0.4, 0.5) is 0 Å². The molecule has 0 amide bonds. The third-order valence-corrected chi connectivity index (χ3v) is 3.82. The Bertz CT molecular complexity index is 513. The molecule has 0 spiro atoms. The fourth-order valence-electron chi connectivity index (χ4n) is 2.53. The number of halogens is 1. The predicted octanol–water partition coefficient (Wildman–Crippen LogP) is 2.94. The molecular weight excluding hydrogens is 276 g/mol. The number of hydrogen-bond acceptors (Lipinski definition) is 4. The van der Waals surface area contributed by atoms with Gasteiger partial charge in [0.05, 0.1) is 30.4 Å². The highest BCUT2D eigenvalue weighted by Crippen LogP contribution is 2.36. The van der Waals surface area contributed by atoms with Crippen LogP contribution >= 0.6 is 11.6 Å². The Balaban J connectivity index is 2.07. The van der Waals surface area contributed by atoms with Crippen molar-refractivity contribution in [2.24, 2.45) is 5.92 Å². The summed E-state index contributed by atoms with van der Waals surface area (Å²) in [5.74, 6) is 1.55. The molecule has 1 aliphatic rings. The fraction of sp³-hybridized carbons (Fsp3) is 0.533. The van der Waals surface area contributed by atoms with Gasteiger partial charge in [-0.2, -0.15) is 5.26 Å². The Labute approximate surface area is 124 Å². The number of methoxy groups -OCH3 is 1. The zero-order valence-electron chi connectivity index (χ0n) is 11.9. The maximum atomic E-state index is 8.93. The lowest BCUT2D eigenvalue weighted by atomic mass is 9.99.